The Morgan fingerprint density at radius 3 is 2.75 bits per heavy atom. The van der Waals surface area contributed by atoms with Crippen LogP contribution in [0.15, 0.2) is 60.9 Å². The number of amides is 1. The van der Waals surface area contributed by atoms with Gasteiger partial charge in [-0.1, -0.05) is 12.1 Å². The number of anilines is 4. The zero-order valence-corrected chi connectivity index (χ0v) is 18.6. The van der Waals surface area contributed by atoms with Crippen LogP contribution in [0.2, 0.25) is 0 Å². The number of fused-ring (bicyclic) bond motifs is 2. The molecule has 2 aromatic heterocycles. The molecule has 4 aromatic rings. The Bertz CT molecular complexity index is 1310. The minimum Gasteiger partial charge on any atom is -0.361 e. The second kappa shape index (κ2) is 7.67. The largest absolute Gasteiger partial charge is 0.361 e. The number of aromatic amines is 1. The molecule has 1 atom stereocenters. The Hall–Kier alpha value is -3.87. The minimum absolute atomic E-state index is 0.0990. The molecule has 0 unspecified atom stereocenters. The fourth-order valence-corrected chi connectivity index (χ4v) is 4.55. The summed E-state index contributed by atoms with van der Waals surface area (Å²) in [5.41, 5.74) is 5.79. The minimum atomic E-state index is -0.218. The van der Waals surface area contributed by atoms with Gasteiger partial charge in [-0.2, -0.15) is 0 Å². The maximum Gasteiger partial charge on any atom is 0.249 e. The highest BCUT2D eigenvalue weighted by molar-refractivity contribution is 6.05. The summed E-state index contributed by atoms with van der Waals surface area (Å²) in [7, 11) is 1.83. The number of rotatable bonds is 4. The van der Waals surface area contributed by atoms with E-state index < -0.39 is 0 Å². The van der Waals surface area contributed by atoms with Gasteiger partial charge in [-0.15, -0.1) is 0 Å². The van der Waals surface area contributed by atoms with Gasteiger partial charge >= 0.3 is 0 Å². The summed E-state index contributed by atoms with van der Waals surface area (Å²) in [6.45, 7) is 6.16. The Kier molecular flexibility index (Phi) is 4.81. The van der Waals surface area contributed by atoms with Gasteiger partial charge in [0.05, 0.1) is 17.1 Å². The maximum absolute atomic E-state index is 12.7. The first-order valence-electron chi connectivity index (χ1n) is 10.8. The highest BCUT2D eigenvalue weighted by atomic mass is 16.2. The molecular formula is C25H26N6O. The quantitative estimate of drug-likeness (QED) is 0.483. The van der Waals surface area contributed by atoms with Gasteiger partial charge in [0.15, 0.2) is 0 Å². The zero-order chi connectivity index (χ0) is 22.4. The molecule has 7 heteroatoms. The lowest BCUT2D eigenvalue weighted by molar-refractivity contribution is -0.119. The topological polar surface area (TPSA) is 77.2 Å². The summed E-state index contributed by atoms with van der Waals surface area (Å²) >= 11 is 0. The maximum atomic E-state index is 12.7. The molecule has 0 saturated heterocycles. The van der Waals surface area contributed by atoms with Crippen molar-refractivity contribution in [3.8, 4) is 11.3 Å². The first kappa shape index (κ1) is 20.1. The summed E-state index contributed by atoms with van der Waals surface area (Å²) in [5, 5.41) is 4.47. The molecule has 162 valence electrons. The van der Waals surface area contributed by atoms with E-state index in [9.17, 15) is 4.79 Å². The second-order valence-electron chi connectivity index (χ2n) is 8.41. The number of likely N-dealkylation sites (N-methyl/N-ethyl adjacent to an activating group) is 1. The van der Waals surface area contributed by atoms with Crippen LogP contribution in [-0.2, 0) is 4.79 Å². The first-order valence-corrected chi connectivity index (χ1v) is 10.8. The number of carbonyl (C=O) groups excluding carboxylic acids is 1. The molecule has 0 fully saturated rings. The number of hydrogen-bond donors (Lipinski definition) is 2. The van der Waals surface area contributed by atoms with Gasteiger partial charge in [0.1, 0.15) is 6.04 Å². The predicted molar refractivity (Wildman–Crippen MR) is 130 cm³/mol. The fraction of sp³-hybridized carbons (Fsp3) is 0.240. The Morgan fingerprint density at radius 2 is 1.94 bits per heavy atom. The van der Waals surface area contributed by atoms with Crippen molar-refractivity contribution >= 4 is 39.8 Å². The summed E-state index contributed by atoms with van der Waals surface area (Å²) in [4.78, 5) is 29.0. The van der Waals surface area contributed by atoms with Crippen molar-refractivity contribution in [1.29, 1.82) is 0 Å². The van der Waals surface area contributed by atoms with E-state index in [1.807, 2.05) is 44.4 Å². The molecule has 0 saturated carbocycles. The molecule has 1 amide bonds. The molecule has 1 aliphatic rings. The second-order valence-corrected chi connectivity index (χ2v) is 8.41. The van der Waals surface area contributed by atoms with Crippen LogP contribution in [0, 0.1) is 0 Å². The Balaban J connectivity index is 1.50. The van der Waals surface area contributed by atoms with Crippen molar-refractivity contribution in [3.05, 3.63) is 60.9 Å². The molecule has 0 aliphatic carbocycles. The summed E-state index contributed by atoms with van der Waals surface area (Å²) in [6.07, 6.45) is 3.70. The highest BCUT2D eigenvalue weighted by Gasteiger charge is 2.34. The van der Waals surface area contributed by atoms with Gasteiger partial charge in [-0.05, 0) is 57.2 Å². The normalized spacial score (nSPS) is 16.0. The van der Waals surface area contributed by atoms with Crippen LogP contribution in [-0.4, -0.2) is 40.0 Å². The van der Waals surface area contributed by atoms with Crippen molar-refractivity contribution < 1.29 is 4.79 Å². The van der Waals surface area contributed by atoms with Gasteiger partial charge in [-0.3, -0.25) is 4.79 Å². The molecule has 1 aliphatic heterocycles. The summed E-state index contributed by atoms with van der Waals surface area (Å²) < 4.78 is 0. The number of nitrogens with zero attached hydrogens (tertiary/aromatic N) is 4. The van der Waals surface area contributed by atoms with Gasteiger partial charge in [0.25, 0.3) is 0 Å². The van der Waals surface area contributed by atoms with E-state index in [0.717, 1.165) is 39.2 Å². The van der Waals surface area contributed by atoms with Crippen molar-refractivity contribution in [3.63, 3.8) is 0 Å². The number of benzene rings is 2. The van der Waals surface area contributed by atoms with E-state index in [4.69, 9.17) is 4.98 Å². The number of H-pyrrole nitrogens is 1. The van der Waals surface area contributed by atoms with E-state index in [-0.39, 0.29) is 18.0 Å². The van der Waals surface area contributed by atoms with Gasteiger partial charge in [0, 0.05) is 47.6 Å². The highest BCUT2D eigenvalue weighted by Crippen LogP contribution is 2.39. The monoisotopic (exact) mass is 426 g/mol. The van der Waals surface area contributed by atoms with Crippen LogP contribution in [0.25, 0.3) is 22.2 Å². The molecule has 7 nitrogen and oxygen atoms in total. The third-order valence-corrected chi connectivity index (χ3v) is 6.06. The third-order valence-electron chi connectivity index (χ3n) is 6.06. The third kappa shape index (κ3) is 3.26. The zero-order valence-electron chi connectivity index (χ0n) is 18.6. The van der Waals surface area contributed by atoms with E-state index in [1.54, 1.807) is 11.1 Å². The van der Waals surface area contributed by atoms with Crippen LogP contribution in [0.1, 0.15) is 20.8 Å². The van der Waals surface area contributed by atoms with Gasteiger partial charge < -0.3 is 20.1 Å². The summed E-state index contributed by atoms with van der Waals surface area (Å²) in [6, 6.07) is 16.1. The molecule has 0 radical (unpaired) electrons. The average molecular weight is 427 g/mol. The van der Waals surface area contributed by atoms with Crippen molar-refractivity contribution in [2.45, 2.75) is 32.9 Å². The van der Waals surface area contributed by atoms with Crippen molar-refractivity contribution in [1.82, 2.24) is 15.0 Å². The van der Waals surface area contributed by atoms with Crippen LogP contribution in [0.3, 0.4) is 0 Å². The lowest BCUT2D eigenvalue weighted by Crippen LogP contribution is -2.53. The lowest BCUT2D eigenvalue weighted by atomic mass is 10.0. The molecule has 3 heterocycles. The van der Waals surface area contributed by atoms with E-state index >= 15 is 0 Å². The number of hydrogen-bond acceptors (Lipinski definition) is 5. The fourth-order valence-electron chi connectivity index (χ4n) is 4.55. The smallest absolute Gasteiger partial charge is 0.249 e. The standard InChI is InChI=1S/C25H26N6O/c1-15(2)31-16(3)24(32)30(4)22-9-8-17(14-23(22)31)28-25-27-13-11-21(29-25)18-6-5-7-20-19(18)10-12-26-20/h5-16,26H,1-4H3,(H,27,28,29)/t16-/m1/s1. The molecule has 32 heavy (non-hydrogen) atoms. The number of carbonyl (C=O) groups is 1. The van der Waals surface area contributed by atoms with E-state index in [1.165, 1.54) is 0 Å². The molecule has 0 spiro atoms. The summed E-state index contributed by atoms with van der Waals surface area (Å²) in [5.74, 6) is 0.626. The predicted octanol–water partition coefficient (Wildman–Crippen LogP) is 4.95. The van der Waals surface area contributed by atoms with Crippen LogP contribution in [0.5, 0.6) is 0 Å². The lowest BCUT2D eigenvalue weighted by Gasteiger charge is -2.42. The first-order chi connectivity index (χ1) is 15.4. The van der Waals surface area contributed by atoms with Gasteiger partial charge in [0.2, 0.25) is 11.9 Å². The molecule has 2 N–H and O–H groups in total. The van der Waals surface area contributed by atoms with Crippen molar-refractivity contribution in [2.75, 3.05) is 22.2 Å². The van der Waals surface area contributed by atoms with E-state index in [0.29, 0.717) is 5.95 Å². The van der Waals surface area contributed by atoms with Gasteiger partial charge in [-0.25, -0.2) is 9.97 Å². The van der Waals surface area contributed by atoms with Crippen LogP contribution >= 0.6 is 0 Å². The van der Waals surface area contributed by atoms with Crippen LogP contribution < -0.4 is 15.1 Å². The van der Waals surface area contributed by atoms with Crippen LogP contribution in [0.4, 0.5) is 23.0 Å². The van der Waals surface area contributed by atoms with E-state index in [2.05, 4.69) is 58.3 Å². The molecule has 5 rings (SSSR count). The molecule has 0 bridgehead atoms. The Labute approximate surface area is 187 Å². The Morgan fingerprint density at radius 1 is 1.09 bits per heavy atom. The number of nitrogens with one attached hydrogen (secondary N) is 2. The average Bonchev–Trinajstić information content (AvgIpc) is 3.27. The SMILES string of the molecule is CC(C)N1c2cc(Nc3nccc(-c4cccc5[nH]ccc45)n3)ccc2N(C)C(=O)[C@H]1C. The molecular weight excluding hydrogens is 400 g/mol. The number of aromatic nitrogens is 3. The van der Waals surface area contributed by atoms with Crippen molar-refractivity contribution in [2.24, 2.45) is 0 Å². The molecule has 2 aromatic carbocycles.